The first-order valence-corrected chi connectivity index (χ1v) is 22.5. The molecule has 21 heteroatoms. The largest absolute Gasteiger partial charge is 0.458 e. The first kappa shape index (κ1) is 60.7. The molecular weight excluding hydrogens is 895 g/mol. The smallest absolute Gasteiger partial charge is 0.408 e. The van der Waals surface area contributed by atoms with Crippen LogP contribution in [0.3, 0.4) is 0 Å². The zero-order valence-electron chi connectivity index (χ0n) is 44.5. The van der Waals surface area contributed by atoms with Crippen molar-refractivity contribution in [3.63, 3.8) is 0 Å². The van der Waals surface area contributed by atoms with Gasteiger partial charge in [-0.25, -0.2) is 9.59 Å². The Hall–Kier alpha value is -6.28. The Morgan fingerprint density at radius 2 is 0.551 bits per heavy atom. The molecule has 0 radical (unpaired) electrons. The molecular formula is C48H79N9O12. The molecule has 1 aromatic rings. The van der Waals surface area contributed by atoms with Gasteiger partial charge in [-0.05, 0) is 151 Å². The molecule has 0 aliphatic carbocycles. The average Bonchev–Trinajstić information content (AvgIpc) is 3.15. The van der Waals surface area contributed by atoms with Gasteiger partial charge in [-0.2, -0.15) is 0 Å². The summed E-state index contributed by atoms with van der Waals surface area (Å²) in [5.74, 6) is -6.90. The fourth-order valence-electron chi connectivity index (χ4n) is 5.45. The second kappa shape index (κ2) is 21.2. The van der Waals surface area contributed by atoms with Crippen LogP contribution < -0.4 is 47.9 Å². The SMILES string of the molecule is CC(C)(C)OC(=O)C(C)(C)NC(=O)C(C)(C)NC(=O)C(C)(C)NC(=O)C(C)(C)NC(=O)C(C)(C)NC(=O)C(C)(C)NC(=O)C(C)(C)NC(=O)C(C)(C)NC(=O)C(C)(C)NC(=O)OCc1ccccc1. The van der Waals surface area contributed by atoms with Crippen molar-refractivity contribution >= 4 is 59.3 Å². The number of hydrogen-bond acceptors (Lipinski definition) is 12. The van der Waals surface area contributed by atoms with E-state index in [1.165, 1.54) is 125 Å². The van der Waals surface area contributed by atoms with E-state index < -0.39 is 115 Å². The van der Waals surface area contributed by atoms with Crippen molar-refractivity contribution in [2.24, 2.45) is 0 Å². The van der Waals surface area contributed by atoms with Gasteiger partial charge >= 0.3 is 12.1 Å². The van der Waals surface area contributed by atoms with Crippen LogP contribution in [0.25, 0.3) is 0 Å². The van der Waals surface area contributed by atoms with Gasteiger partial charge in [0.15, 0.2) is 0 Å². The number of esters is 1. The highest BCUT2D eigenvalue weighted by Gasteiger charge is 2.46. The van der Waals surface area contributed by atoms with Crippen molar-refractivity contribution in [1.29, 1.82) is 0 Å². The summed E-state index contributed by atoms with van der Waals surface area (Å²) < 4.78 is 10.6. The third kappa shape index (κ3) is 18.0. The van der Waals surface area contributed by atoms with Crippen LogP contribution in [0.4, 0.5) is 4.79 Å². The van der Waals surface area contributed by atoms with Crippen molar-refractivity contribution in [3.8, 4) is 0 Å². The lowest BCUT2D eigenvalue weighted by atomic mass is 9.93. The molecule has 0 heterocycles. The molecule has 0 aliphatic rings. The highest BCUT2D eigenvalue weighted by atomic mass is 16.6. The van der Waals surface area contributed by atoms with E-state index in [0.29, 0.717) is 0 Å². The second-order valence-electron chi connectivity index (χ2n) is 22.9. The van der Waals surface area contributed by atoms with Gasteiger partial charge in [-0.15, -0.1) is 0 Å². The number of alkyl carbamates (subject to hydrolysis) is 1. The topological polar surface area (TPSA) is 297 Å². The van der Waals surface area contributed by atoms with E-state index in [2.05, 4.69) is 47.9 Å². The molecule has 0 unspecified atom stereocenters. The van der Waals surface area contributed by atoms with E-state index in [4.69, 9.17) is 9.47 Å². The van der Waals surface area contributed by atoms with E-state index in [1.807, 2.05) is 6.07 Å². The number of carbonyl (C=O) groups is 10. The van der Waals surface area contributed by atoms with E-state index in [1.54, 1.807) is 45.0 Å². The van der Waals surface area contributed by atoms with Crippen molar-refractivity contribution < 1.29 is 57.4 Å². The zero-order chi connectivity index (χ0) is 54.4. The predicted octanol–water partition coefficient (Wildman–Crippen LogP) is 2.19. The van der Waals surface area contributed by atoms with Gasteiger partial charge < -0.3 is 57.3 Å². The van der Waals surface area contributed by atoms with E-state index in [-0.39, 0.29) is 6.61 Å². The fourth-order valence-corrected chi connectivity index (χ4v) is 5.45. The maximum Gasteiger partial charge on any atom is 0.408 e. The fraction of sp³-hybridized carbons (Fsp3) is 0.667. The minimum absolute atomic E-state index is 0.0320. The maximum atomic E-state index is 13.7. The van der Waals surface area contributed by atoms with Crippen molar-refractivity contribution in [2.45, 2.75) is 207 Å². The van der Waals surface area contributed by atoms with Gasteiger partial charge in [-0.1, -0.05) is 30.3 Å². The second-order valence-corrected chi connectivity index (χ2v) is 22.9. The summed E-state index contributed by atoms with van der Waals surface area (Å²) in [6, 6.07) is 8.92. The third-order valence-electron chi connectivity index (χ3n) is 10.5. The van der Waals surface area contributed by atoms with Crippen molar-refractivity contribution in [3.05, 3.63) is 35.9 Å². The molecule has 0 fully saturated rings. The summed E-state index contributed by atoms with van der Waals surface area (Å²) >= 11 is 0. The average molecular weight is 974 g/mol. The molecule has 0 spiro atoms. The van der Waals surface area contributed by atoms with E-state index in [0.717, 1.165) is 5.56 Å². The molecule has 9 N–H and O–H groups in total. The van der Waals surface area contributed by atoms with Gasteiger partial charge in [-0.3, -0.25) is 38.4 Å². The molecule has 1 rings (SSSR count). The molecule has 0 aliphatic heterocycles. The minimum atomic E-state index is -1.69. The normalized spacial score (nSPS) is 13.1. The monoisotopic (exact) mass is 974 g/mol. The summed E-state index contributed by atoms with van der Waals surface area (Å²) in [7, 11) is 0. The summed E-state index contributed by atoms with van der Waals surface area (Å²) in [5, 5.41) is 23.2. The van der Waals surface area contributed by atoms with Crippen LogP contribution in [-0.2, 0) is 59.2 Å². The van der Waals surface area contributed by atoms with Gasteiger partial charge in [0.25, 0.3) is 0 Å². The van der Waals surface area contributed by atoms with Crippen LogP contribution in [0.2, 0.25) is 0 Å². The van der Waals surface area contributed by atoms with Crippen LogP contribution in [0.1, 0.15) is 151 Å². The molecule has 21 nitrogen and oxygen atoms in total. The van der Waals surface area contributed by atoms with E-state index in [9.17, 15) is 47.9 Å². The molecule has 9 amide bonds. The Morgan fingerprint density at radius 1 is 0.333 bits per heavy atom. The first-order chi connectivity index (χ1) is 30.6. The van der Waals surface area contributed by atoms with Gasteiger partial charge in [0, 0.05) is 0 Å². The predicted molar refractivity (Wildman–Crippen MR) is 257 cm³/mol. The lowest BCUT2D eigenvalue weighted by Crippen LogP contribution is -2.70. The molecule has 0 bridgehead atoms. The number of rotatable bonds is 20. The molecule has 0 atom stereocenters. The van der Waals surface area contributed by atoms with Crippen LogP contribution in [-0.4, -0.2) is 115 Å². The number of ether oxygens (including phenoxy) is 2. The Balaban J connectivity index is 2.95. The highest BCUT2D eigenvalue weighted by molar-refractivity contribution is 6.03. The molecule has 69 heavy (non-hydrogen) atoms. The summed E-state index contributed by atoms with van der Waals surface area (Å²) in [5.41, 5.74) is -14.6. The number of carbonyl (C=O) groups excluding carboxylic acids is 10. The molecule has 0 saturated carbocycles. The Morgan fingerprint density at radius 3 is 0.783 bits per heavy atom. The Kier molecular flexibility index (Phi) is 18.6. The van der Waals surface area contributed by atoms with Gasteiger partial charge in [0.2, 0.25) is 47.3 Å². The number of hydrogen-bond donors (Lipinski definition) is 9. The van der Waals surface area contributed by atoms with Gasteiger partial charge in [0.1, 0.15) is 62.1 Å². The number of nitrogens with one attached hydrogen (secondary N) is 9. The van der Waals surface area contributed by atoms with Gasteiger partial charge in [0.05, 0.1) is 0 Å². The number of amides is 9. The first-order valence-electron chi connectivity index (χ1n) is 22.5. The molecule has 0 saturated heterocycles. The standard InChI is InChI=1S/C48H79N9O12/c1-39(2,3)69-37(66)48(20,21)56-35(64)46(16,17)54-33(62)44(12,13)52-31(60)42(8,9)50-29(58)40(4,5)49-30(59)41(6,7)51-32(61)43(10,11)53-34(63)45(14,15)55-36(65)47(18,19)57-38(67)68-27-28-25-23-22-24-26-28/h22-26H,27H2,1-21H3,(H,49,59)(H,50,58)(H,51,61)(H,52,60)(H,53,63)(H,54,62)(H,55,65)(H,56,64)(H,57,67). The molecule has 0 aromatic heterocycles. The molecule has 1 aromatic carbocycles. The number of benzene rings is 1. The van der Waals surface area contributed by atoms with Crippen LogP contribution in [0, 0.1) is 0 Å². The van der Waals surface area contributed by atoms with Crippen molar-refractivity contribution in [1.82, 2.24) is 47.9 Å². The van der Waals surface area contributed by atoms with Crippen LogP contribution in [0.15, 0.2) is 30.3 Å². The lowest BCUT2D eigenvalue weighted by molar-refractivity contribution is -0.163. The highest BCUT2D eigenvalue weighted by Crippen LogP contribution is 2.19. The van der Waals surface area contributed by atoms with E-state index >= 15 is 0 Å². The van der Waals surface area contributed by atoms with Crippen molar-refractivity contribution in [2.75, 3.05) is 0 Å². The van der Waals surface area contributed by atoms with Crippen LogP contribution >= 0.6 is 0 Å². The summed E-state index contributed by atoms with van der Waals surface area (Å²) in [4.78, 5) is 133. The Labute approximate surface area is 407 Å². The third-order valence-corrected chi connectivity index (χ3v) is 10.5. The Bertz CT molecular complexity index is 2150. The summed E-state index contributed by atoms with van der Waals surface area (Å²) in [6.45, 7) is 30.2. The summed E-state index contributed by atoms with van der Waals surface area (Å²) in [6.07, 6.45) is -0.861. The molecule has 388 valence electrons. The minimum Gasteiger partial charge on any atom is -0.458 e. The zero-order valence-corrected chi connectivity index (χ0v) is 44.5. The quantitative estimate of drug-likeness (QED) is 0.0851. The lowest BCUT2D eigenvalue weighted by Gasteiger charge is -2.38. The van der Waals surface area contributed by atoms with Crippen LogP contribution in [0.5, 0.6) is 0 Å². The maximum absolute atomic E-state index is 13.7.